The topological polar surface area (TPSA) is 91.1 Å². The van der Waals surface area contributed by atoms with Gasteiger partial charge < -0.3 is 15.0 Å². The van der Waals surface area contributed by atoms with E-state index in [0.717, 1.165) is 44.5 Å². The third-order valence-electron chi connectivity index (χ3n) is 5.25. The Morgan fingerprint density at radius 3 is 2.46 bits per heavy atom. The van der Waals surface area contributed by atoms with Gasteiger partial charge in [-0.15, -0.1) is 0 Å². The summed E-state index contributed by atoms with van der Waals surface area (Å²) in [5, 5.41) is 13.1. The number of para-hydroxylation sites is 2. The van der Waals surface area contributed by atoms with Crippen molar-refractivity contribution in [2.75, 3.05) is 37.7 Å². The highest BCUT2D eigenvalue weighted by Gasteiger charge is 2.30. The second-order valence-electron chi connectivity index (χ2n) is 7.03. The Morgan fingerprint density at radius 1 is 1.21 bits per heavy atom. The van der Waals surface area contributed by atoms with E-state index in [0.29, 0.717) is 29.6 Å². The van der Waals surface area contributed by atoms with E-state index in [-0.39, 0.29) is 0 Å². The molecule has 1 N–H and O–H groups in total. The molecule has 148 valence electrons. The standard InChI is InChI=1S/C21H27N5O2/c1-3-15(4-2)14-28-21(27)16(13-22)19-20(26-11-9-23-10-12-26)25-18-8-6-5-7-17(18)24-19/h5-8,15-16,23H,3-4,9-12,14H2,1-2H3. The average molecular weight is 381 g/mol. The van der Waals surface area contributed by atoms with Crippen molar-refractivity contribution in [2.45, 2.75) is 32.6 Å². The monoisotopic (exact) mass is 381 g/mol. The number of benzene rings is 1. The van der Waals surface area contributed by atoms with Gasteiger partial charge in [0.05, 0.1) is 23.7 Å². The van der Waals surface area contributed by atoms with Crippen LogP contribution in [0.15, 0.2) is 24.3 Å². The number of nitrogens with one attached hydrogen (secondary N) is 1. The molecule has 0 amide bonds. The highest BCUT2D eigenvalue weighted by Crippen LogP contribution is 2.28. The van der Waals surface area contributed by atoms with Gasteiger partial charge >= 0.3 is 5.97 Å². The molecule has 3 rings (SSSR count). The maximum absolute atomic E-state index is 12.7. The Hall–Kier alpha value is -2.72. The molecule has 1 aliphatic heterocycles. The second kappa shape index (κ2) is 9.47. The van der Waals surface area contributed by atoms with Gasteiger partial charge in [-0.25, -0.2) is 9.97 Å². The molecular formula is C21H27N5O2. The predicted molar refractivity (Wildman–Crippen MR) is 108 cm³/mol. The lowest BCUT2D eigenvalue weighted by Crippen LogP contribution is -2.44. The molecule has 0 aliphatic carbocycles. The Morgan fingerprint density at radius 2 is 1.86 bits per heavy atom. The van der Waals surface area contributed by atoms with Crippen molar-refractivity contribution < 1.29 is 9.53 Å². The van der Waals surface area contributed by atoms with E-state index in [1.54, 1.807) is 0 Å². The molecule has 7 nitrogen and oxygen atoms in total. The van der Waals surface area contributed by atoms with Crippen molar-refractivity contribution in [2.24, 2.45) is 5.92 Å². The van der Waals surface area contributed by atoms with E-state index in [1.165, 1.54) is 0 Å². The van der Waals surface area contributed by atoms with Crippen LogP contribution < -0.4 is 10.2 Å². The third-order valence-corrected chi connectivity index (χ3v) is 5.25. The first-order chi connectivity index (χ1) is 13.7. The molecule has 1 aliphatic rings. The Labute approximate surface area is 165 Å². The fraction of sp³-hybridized carbons (Fsp3) is 0.524. The molecule has 2 heterocycles. The van der Waals surface area contributed by atoms with Crippen molar-refractivity contribution in [3.05, 3.63) is 30.0 Å². The average Bonchev–Trinajstić information content (AvgIpc) is 2.75. The molecule has 0 bridgehead atoms. The number of nitriles is 1. The number of ether oxygens (including phenoxy) is 1. The van der Waals surface area contributed by atoms with Gasteiger partial charge in [-0.3, -0.25) is 4.79 Å². The summed E-state index contributed by atoms with van der Waals surface area (Å²) in [4.78, 5) is 24.2. The van der Waals surface area contributed by atoms with Crippen LogP contribution in [0, 0.1) is 17.2 Å². The van der Waals surface area contributed by atoms with Crippen LogP contribution in [0.3, 0.4) is 0 Å². The minimum absolute atomic E-state index is 0.304. The van der Waals surface area contributed by atoms with Gasteiger partial charge in [0.1, 0.15) is 5.69 Å². The summed E-state index contributed by atoms with van der Waals surface area (Å²) >= 11 is 0. The largest absolute Gasteiger partial charge is 0.464 e. The van der Waals surface area contributed by atoms with E-state index in [4.69, 9.17) is 9.72 Å². The maximum atomic E-state index is 12.7. The summed E-state index contributed by atoms with van der Waals surface area (Å²) in [6, 6.07) is 9.62. The lowest BCUT2D eigenvalue weighted by Gasteiger charge is -2.30. The second-order valence-corrected chi connectivity index (χ2v) is 7.03. The van der Waals surface area contributed by atoms with E-state index >= 15 is 0 Å². The van der Waals surface area contributed by atoms with Crippen LogP contribution in [0.1, 0.15) is 38.3 Å². The minimum atomic E-state index is -1.09. The highest BCUT2D eigenvalue weighted by molar-refractivity contribution is 5.85. The lowest BCUT2D eigenvalue weighted by atomic mass is 10.0. The SMILES string of the molecule is CCC(CC)COC(=O)C(C#N)c1nc2ccccc2nc1N1CCNCC1. The number of esters is 1. The zero-order valence-electron chi connectivity index (χ0n) is 16.5. The van der Waals surface area contributed by atoms with Crippen molar-refractivity contribution in [3.63, 3.8) is 0 Å². The third kappa shape index (κ3) is 4.39. The molecule has 1 fully saturated rings. The van der Waals surface area contributed by atoms with Gasteiger partial charge in [-0.05, 0) is 18.1 Å². The van der Waals surface area contributed by atoms with Crippen LogP contribution in [0.5, 0.6) is 0 Å². The number of hydrogen-bond acceptors (Lipinski definition) is 7. The number of anilines is 1. The van der Waals surface area contributed by atoms with Crippen molar-refractivity contribution in [1.82, 2.24) is 15.3 Å². The summed E-state index contributed by atoms with van der Waals surface area (Å²) in [5.41, 5.74) is 1.81. The number of carbonyl (C=O) groups excluding carboxylic acids is 1. The summed E-state index contributed by atoms with van der Waals surface area (Å²) in [6.07, 6.45) is 1.87. The van der Waals surface area contributed by atoms with Crippen LogP contribution in [0.25, 0.3) is 11.0 Å². The summed E-state index contributed by atoms with van der Waals surface area (Å²) in [6.45, 7) is 7.62. The normalized spacial score (nSPS) is 15.4. The molecule has 0 saturated carbocycles. The fourth-order valence-corrected chi connectivity index (χ4v) is 3.34. The molecule has 1 aromatic heterocycles. The molecule has 1 aromatic carbocycles. The Balaban J connectivity index is 1.95. The first-order valence-electron chi connectivity index (χ1n) is 9.96. The first-order valence-corrected chi connectivity index (χ1v) is 9.96. The molecule has 0 spiro atoms. The number of nitrogens with zero attached hydrogens (tertiary/aromatic N) is 4. The molecule has 1 atom stereocenters. The van der Waals surface area contributed by atoms with Crippen LogP contribution >= 0.6 is 0 Å². The van der Waals surface area contributed by atoms with Gasteiger partial charge in [-0.2, -0.15) is 5.26 Å². The summed E-state index contributed by atoms with van der Waals surface area (Å²) < 4.78 is 5.49. The van der Waals surface area contributed by atoms with Crippen LogP contribution in [0.2, 0.25) is 0 Å². The summed E-state index contributed by atoms with van der Waals surface area (Å²) in [5.74, 6) is -0.725. The van der Waals surface area contributed by atoms with E-state index in [9.17, 15) is 10.1 Å². The quantitative estimate of drug-likeness (QED) is 0.737. The molecule has 1 saturated heterocycles. The molecule has 2 aromatic rings. The minimum Gasteiger partial charge on any atom is -0.464 e. The number of carbonyl (C=O) groups is 1. The predicted octanol–water partition coefficient (Wildman–Crippen LogP) is 2.63. The first kappa shape index (κ1) is 20.0. The van der Waals surface area contributed by atoms with Gasteiger partial charge in [0.15, 0.2) is 11.7 Å². The fourth-order valence-electron chi connectivity index (χ4n) is 3.34. The molecular weight excluding hydrogens is 354 g/mol. The van der Waals surface area contributed by atoms with Crippen LogP contribution in [-0.2, 0) is 9.53 Å². The van der Waals surface area contributed by atoms with Crippen LogP contribution in [-0.4, -0.2) is 48.7 Å². The lowest BCUT2D eigenvalue weighted by molar-refractivity contribution is -0.145. The van der Waals surface area contributed by atoms with Crippen molar-refractivity contribution in [3.8, 4) is 6.07 Å². The molecule has 28 heavy (non-hydrogen) atoms. The maximum Gasteiger partial charge on any atom is 0.329 e. The number of piperazine rings is 1. The molecule has 0 radical (unpaired) electrons. The zero-order chi connectivity index (χ0) is 19.9. The molecule has 7 heteroatoms. The zero-order valence-corrected chi connectivity index (χ0v) is 16.5. The number of rotatable bonds is 7. The van der Waals surface area contributed by atoms with E-state index in [2.05, 4.69) is 35.1 Å². The highest BCUT2D eigenvalue weighted by atomic mass is 16.5. The van der Waals surface area contributed by atoms with Gasteiger partial charge in [0.2, 0.25) is 0 Å². The molecule has 1 unspecified atom stereocenters. The van der Waals surface area contributed by atoms with Crippen molar-refractivity contribution >= 4 is 22.8 Å². The van der Waals surface area contributed by atoms with Gasteiger partial charge in [0.25, 0.3) is 0 Å². The van der Waals surface area contributed by atoms with Crippen molar-refractivity contribution in [1.29, 1.82) is 5.26 Å². The van der Waals surface area contributed by atoms with Crippen LogP contribution in [0.4, 0.5) is 5.82 Å². The van der Waals surface area contributed by atoms with E-state index in [1.807, 2.05) is 24.3 Å². The van der Waals surface area contributed by atoms with Gasteiger partial charge in [-0.1, -0.05) is 38.8 Å². The number of aromatic nitrogens is 2. The number of hydrogen-bond donors (Lipinski definition) is 1. The Bertz CT molecular complexity index is 853. The Kier molecular flexibility index (Phi) is 6.77. The smallest absolute Gasteiger partial charge is 0.329 e. The van der Waals surface area contributed by atoms with E-state index < -0.39 is 11.9 Å². The summed E-state index contributed by atoms with van der Waals surface area (Å²) in [7, 11) is 0. The van der Waals surface area contributed by atoms with Gasteiger partial charge in [0, 0.05) is 26.2 Å². The number of fused-ring (bicyclic) bond motifs is 1.